The van der Waals surface area contributed by atoms with Crippen LogP contribution in [0.1, 0.15) is 45.1 Å². The van der Waals surface area contributed by atoms with Crippen molar-refractivity contribution in [2.45, 2.75) is 51.6 Å². The Morgan fingerprint density at radius 2 is 2.14 bits per heavy atom. The second kappa shape index (κ2) is 6.76. The average Bonchev–Trinajstić information content (AvgIpc) is 2.45. The highest BCUT2D eigenvalue weighted by Gasteiger charge is 2.47. The molecular formula is C19H27BrO2. The van der Waals surface area contributed by atoms with Crippen LogP contribution in [0.25, 0.3) is 0 Å². The van der Waals surface area contributed by atoms with E-state index >= 15 is 0 Å². The van der Waals surface area contributed by atoms with Gasteiger partial charge in [0.05, 0.1) is 12.7 Å². The van der Waals surface area contributed by atoms with Crippen LogP contribution < -0.4 is 4.74 Å². The molecule has 0 saturated heterocycles. The lowest BCUT2D eigenvalue weighted by Gasteiger charge is -2.49. The minimum atomic E-state index is -0.690. The molecule has 0 radical (unpaired) electrons. The monoisotopic (exact) mass is 366 g/mol. The van der Waals surface area contributed by atoms with Crippen molar-refractivity contribution < 1.29 is 9.84 Å². The van der Waals surface area contributed by atoms with Crippen LogP contribution >= 0.6 is 15.9 Å². The summed E-state index contributed by atoms with van der Waals surface area (Å²) in [5, 5.41) is 11.4. The fourth-order valence-corrected chi connectivity index (χ4v) is 4.37. The van der Waals surface area contributed by atoms with Crippen molar-refractivity contribution in [1.29, 1.82) is 0 Å². The summed E-state index contributed by atoms with van der Waals surface area (Å²) in [6.45, 7) is 8.44. The molecule has 0 aliphatic heterocycles. The molecule has 0 aromatic heterocycles. The van der Waals surface area contributed by atoms with Gasteiger partial charge in [0, 0.05) is 10.9 Å². The smallest absolute Gasteiger partial charge is 0.119 e. The summed E-state index contributed by atoms with van der Waals surface area (Å²) in [5.41, 5.74) is 0.547. The van der Waals surface area contributed by atoms with E-state index in [1.54, 1.807) is 7.11 Å². The van der Waals surface area contributed by atoms with Crippen LogP contribution in [-0.2, 0) is 6.42 Å². The Balaban J connectivity index is 2.34. The Morgan fingerprint density at radius 1 is 1.41 bits per heavy atom. The molecule has 1 aromatic carbocycles. The largest absolute Gasteiger partial charge is 0.497 e. The van der Waals surface area contributed by atoms with E-state index < -0.39 is 5.60 Å². The maximum atomic E-state index is 11.4. The number of hydrogen-bond donors (Lipinski definition) is 1. The second-order valence-electron chi connectivity index (χ2n) is 7.16. The van der Waals surface area contributed by atoms with Crippen LogP contribution in [-0.4, -0.2) is 17.8 Å². The Hall–Kier alpha value is -0.800. The van der Waals surface area contributed by atoms with Gasteiger partial charge in [-0.05, 0) is 54.4 Å². The number of methoxy groups -OCH3 is 1. The van der Waals surface area contributed by atoms with E-state index in [1.807, 2.05) is 24.3 Å². The molecular weight excluding hydrogens is 340 g/mol. The number of halogens is 1. The first-order valence-corrected chi connectivity index (χ1v) is 8.77. The fraction of sp³-hybridized carbons (Fsp3) is 0.579. The molecule has 0 bridgehead atoms. The third kappa shape index (κ3) is 3.57. The number of hydrogen-bond acceptors (Lipinski definition) is 2. The van der Waals surface area contributed by atoms with Gasteiger partial charge in [-0.1, -0.05) is 42.3 Å². The lowest BCUT2D eigenvalue weighted by Crippen LogP contribution is -2.50. The van der Waals surface area contributed by atoms with Crippen LogP contribution in [0, 0.1) is 11.3 Å². The van der Waals surface area contributed by atoms with Crippen molar-refractivity contribution in [1.82, 2.24) is 0 Å². The molecule has 1 fully saturated rings. The third-order valence-corrected chi connectivity index (χ3v) is 5.95. The van der Waals surface area contributed by atoms with Gasteiger partial charge in [0.1, 0.15) is 5.75 Å². The quantitative estimate of drug-likeness (QED) is 0.731. The molecule has 1 aliphatic carbocycles. The van der Waals surface area contributed by atoms with E-state index in [0.717, 1.165) is 41.5 Å². The first-order chi connectivity index (χ1) is 10.3. The Morgan fingerprint density at radius 3 is 2.77 bits per heavy atom. The predicted molar refractivity (Wildman–Crippen MR) is 95.3 cm³/mol. The van der Waals surface area contributed by atoms with Gasteiger partial charge in [-0.2, -0.15) is 0 Å². The predicted octanol–water partition coefficient (Wildman–Crippen LogP) is 5.13. The van der Waals surface area contributed by atoms with Crippen molar-refractivity contribution in [3.8, 4) is 5.75 Å². The minimum Gasteiger partial charge on any atom is -0.497 e. The van der Waals surface area contributed by atoms with Crippen LogP contribution in [0.2, 0.25) is 0 Å². The van der Waals surface area contributed by atoms with Crippen molar-refractivity contribution in [3.05, 3.63) is 40.9 Å². The molecule has 0 heterocycles. The molecule has 3 heteroatoms. The van der Waals surface area contributed by atoms with Crippen LogP contribution in [0.15, 0.2) is 35.3 Å². The van der Waals surface area contributed by atoms with Crippen LogP contribution in [0.4, 0.5) is 0 Å². The topological polar surface area (TPSA) is 29.5 Å². The molecule has 0 unspecified atom stereocenters. The summed E-state index contributed by atoms with van der Waals surface area (Å²) in [5.74, 6) is 1.06. The number of ether oxygens (including phenoxy) is 1. The minimum absolute atomic E-state index is 0.131. The van der Waals surface area contributed by atoms with Gasteiger partial charge in [-0.25, -0.2) is 0 Å². The van der Waals surface area contributed by atoms with E-state index in [1.165, 1.54) is 0 Å². The normalized spacial score (nSPS) is 27.4. The highest BCUT2D eigenvalue weighted by atomic mass is 79.9. The van der Waals surface area contributed by atoms with Crippen molar-refractivity contribution >= 4 is 15.9 Å². The second-order valence-corrected chi connectivity index (χ2v) is 8.01. The van der Waals surface area contributed by atoms with E-state index in [4.69, 9.17) is 4.74 Å². The summed E-state index contributed by atoms with van der Waals surface area (Å²) in [4.78, 5) is 0. The highest BCUT2D eigenvalue weighted by molar-refractivity contribution is 9.10. The first kappa shape index (κ1) is 17.6. The molecule has 0 spiro atoms. The summed E-state index contributed by atoms with van der Waals surface area (Å²) in [6.07, 6.45) is 6.52. The third-order valence-electron chi connectivity index (χ3n) is 5.17. The van der Waals surface area contributed by atoms with Crippen LogP contribution in [0.3, 0.4) is 0 Å². The standard InChI is InChI=1S/C19H27BrO2/c1-5-7-17-18(2,3)10-6-11-19(17,21)13-14-12-15(22-4)8-9-16(14)20/h5,8-9,12,17,21H,1,6-7,10-11,13H2,2-4H3/t17-,19-/m0/s1. The summed E-state index contributed by atoms with van der Waals surface area (Å²) in [6, 6.07) is 5.95. The average molecular weight is 367 g/mol. The van der Waals surface area contributed by atoms with Gasteiger partial charge in [0.2, 0.25) is 0 Å². The maximum absolute atomic E-state index is 11.4. The number of rotatable bonds is 5. The van der Waals surface area contributed by atoms with Gasteiger partial charge in [-0.15, -0.1) is 6.58 Å². The summed E-state index contributed by atoms with van der Waals surface area (Å²) in [7, 11) is 1.67. The Bertz CT molecular complexity index is 538. The molecule has 2 rings (SSSR count). The van der Waals surface area contributed by atoms with Gasteiger partial charge in [0.25, 0.3) is 0 Å². The summed E-state index contributed by atoms with van der Waals surface area (Å²) < 4.78 is 6.36. The molecule has 2 nitrogen and oxygen atoms in total. The fourth-order valence-electron chi connectivity index (χ4n) is 3.99. The van der Waals surface area contributed by atoms with E-state index in [9.17, 15) is 5.11 Å². The van der Waals surface area contributed by atoms with E-state index in [0.29, 0.717) is 6.42 Å². The number of benzene rings is 1. The summed E-state index contributed by atoms with van der Waals surface area (Å²) >= 11 is 3.61. The molecule has 1 N–H and O–H groups in total. The highest BCUT2D eigenvalue weighted by Crippen LogP contribution is 2.49. The number of aliphatic hydroxyl groups is 1. The first-order valence-electron chi connectivity index (χ1n) is 7.98. The van der Waals surface area contributed by atoms with Crippen molar-refractivity contribution in [2.24, 2.45) is 11.3 Å². The molecule has 1 aromatic rings. The van der Waals surface area contributed by atoms with E-state index in [2.05, 4.69) is 36.4 Å². The Labute approximate surface area is 142 Å². The maximum Gasteiger partial charge on any atom is 0.119 e. The van der Waals surface area contributed by atoms with Gasteiger partial charge < -0.3 is 9.84 Å². The molecule has 1 saturated carbocycles. The van der Waals surface area contributed by atoms with Crippen molar-refractivity contribution in [2.75, 3.05) is 7.11 Å². The SMILES string of the molecule is C=CC[C@H]1C(C)(C)CCC[C@]1(O)Cc1cc(OC)ccc1Br. The van der Waals surface area contributed by atoms with Crippen LogP contribution in [0.5, 0.6) is 5.75 Å². The van der Waals surface area contributed by atoms with Gasteiger partial charge in [0.15, 0.2) is 0 Å². The van der Waals surface area contributed by atoms with Crippen molar-refractivity contribution in [3.63, 3.8) is 0 Å². The molecule has 1 aliphatic rings. The zero-order chi connectivity index (χ0) is 16.4. The van der Waals surface area contributed by atoms with Gasteiger partial charge in [-0.3, -0.25) is 0 Å². The number of allylic oxidation sites excluding steroid dienone is 1. The molecule has 122 valence electrons. The zero-order valence-corrected chi connectivity index (χ0v) is 15.4. The Kier molecular flexibility index (Phi) is 5.39. The zero-order valence-electron chi connectivity index (χ0n) is 13.9. The molecule has 0 amide bonds. The van der Waals surface area contributed by atoms with Gasteiger partial charge >= 0.3 is 0 Å². The van der Waals surface area contributed by atoms with E-state index in [-0.39, 0.29) is 11.3 Å². The molecule has 2 atom stereocenters. The lowest BCUT2D eigenvalue weighted by atomic mass is 9.59. The molecule has 22 heavy (non-hydrogen) atoms. The lowest BCUT2D eigenvalue weighted by molar-refractivity contribution is -0.100.